The molecule has 0 saturated heterocycles. The number of methoxy groups -OCH3 is 2. The van der Waals surface area contributed by atoms with Crippen molar-refractivity contribution in [3.05, 3.63) is 24.3 Å². The average molecular weight is 297 g/mol. The third-order valence-electron chi connectivity index (χ3n) is 2.97. The van der Waals surface area contributed by atoms with Gasteiger partial charge >= 0.3 is 5.97 Å². The molecule has 0 amide bonds. The molecule has 1 aromatic rings. The number of hydrogen-bond acceptors (Lipinski definition) is 5. The zero-order valence-electron chi connectivity index (χ0n) is 12.6. The van der Waals surface area contributed by atoms with Gasteiger partial charge in [0.05, 0.1) is 14.2 Å². The van der Waals surface area contributed by atoms with Crippen LogP contribution >= 0.6 is 11.8 Å². The zero-order valence-corrected chi connectivity index (χ0v) is 13.4. The van der Waals surface area contributed by atoms with E-state index in [1.54, 1.807) is 18.9 Å². The van der Waals surface area contributed by atoms with Crippen molar-refractivity contribution in [2.24, 2.45) is 0 Å². The van der Waals surface area contributed by atoms with E-state index in [4.69, 9.17) is 9.47 Å². The van der Waals surface area contributed by atoms with Gasteiger partial charge in [-0.15, -0.1) is 11.8 Å². The Morgan fingerprint density at radius 3 is 2.75 bits per heavy atom. The first-order valence-corrected chi connectivity index (χ1v) is 7.64. The largest absolute Gasteiger partial charge is 0.497 e. The number of carbonyl (C=O) groups excluding carboxylic acids is 1. The summed E-state index contributed by atoms with van der Waals surface area (Å²) in [6.45, 7) is 4.73. The van der Waals surface area contributed by atoms with Gasteiger partial charge in [0.15, 0.2) is 0 Å². The average Bonchev–Trinajstić information content (AvgIpc) is 2.50. The molecule has 5 heteroatoms. The van der Waals surface area contributed by atoms with Crippen molar-refractivity contribution < 1.29 is 14.3 Å². The number of benzene rings is 1. The van der Waals surface area contributed by atoms with Crippen LogP contribution in [0.25, 0.3) is 0 Å². The maximum atomic E-state index is 12.0. The summed E-state index contributed by atoms with van der Waals surface area (Å²) in [4.78, 5) is 13.0. The van der Waals surface area contributed by atoms with Gasteiger partial charge < -0.3 is 14.8 Å². The Bertz CT molecular complexity index is 439. The molecular formula is C15H23NO3S. The lowest BCUT2D eigenvalue weighted by atomic mass is 10.1. The van der Waals surface area contributed by atoms with Crippen molar-refractivity contribution in [2.75, 3.05) is 26.5 Å². The van der Waals surface area contributed by atoms with Gasteiger partial charge in [0.25, 0.3) is 0 Å². The fourth-order valence-electron chi connectivity index (χ4n) is 1.73. The van der Waals surface area contributed by atoms with Gasteiger partial charge in [-0.1, -0.05) is 13.0 Å². The van der Waals surface area contributed by atoms with Gasteiger partial charge in [0.2, 0.25) is 0 Å². The minimum atomic E-state index is -0.682. The van der Waals surface area contributed by atoms with Gasteiger partial charge in [-0.25, -0.2) is 0 Å². The summed E-state index contributed by atoms with van der Waals surface area (Å²) in [5, 5.41) is 3.27. The molecule has 1 aromatic carbocycles. The monoisotopic (exact) mass is 297 g/mol. The number of nitrogens with one attached hydrogen (secondary N) is 1. The van der Waals surface area contributed by atoms with E-state index >= 15 is 0 Å². The van der Waals surface area contributed by atoms with Crippen molar-refractivity contribution >= 4 is 17.7 Å². The predicted octanol–water partition coefficient (Wildman–Crippen LogP) is 2.72. The molecule has 1 unspecified atom stereocenters. The van der Waals surface area contributed by atoms with E-state index in [9.17, 15) is 4.79 Å². The Labute approximate surface area is 125 Å². The van der Waals surface area contributed by atoms with Gasteiger partial charge in [-0.3, -0.25) is 4.79 Å². The van der Waals surface area contributed by atoms with Crippen LogP contribution in [-0.4, -0.2) is 38.0 Å². The van der Waals surface area contributed by atoms with Crippen LogP contribution < -0.4 is 10.1 Å². The van der Waals surface area contributed by atoms with E-state index in [0.29, 0.717) is 5.75 Å². The highest BCUT2D eigenvalue weighted by Gasteiger charge is 2.33. The molecule has 20 heavy (non-hydrogen) atoms. The second kappa shape index (κ2) is 8.17. The third kappa shape index (κ3) is 4.72. The molecule has 112 valence electrons. The van der Waals surface area contributed by atoms with Crippen molar-refractivity contribution in [3.8, 4) is 5.75 Å². The van der Waals surface area contributed by atoms with Crippen LogP contribution in [0.15, 0.2) is 29.2 Å². The van der Waals surface area contributed by atoms with E-state index < -0.39 is 5.54 Å². The van der Waals surface area contributed by atoms with E-state index in [-0.39, 0.29) is 5.97 Å². The van der Waals surface area contributed by atoms with Crippen molar-refractivity contribution in [2.45, 2.75) is 30.7 Å². The molecule has 0 radical (unpaired) electrons. The Kier molecular flexibility index (Phi) is 6.88. The fourth-order valence-corrected chi connectivity index (χ4v) is 2.78. The van der Waals surface area contributed by atoms with E-state index in [2.05, 4.69) is 12.2 Å². The van der Waals surface area contributed by atoms with Crippen LogP contribution in [0.5, 0.6) is 5.75 Å². The van der Waals surface area contributed by atoms with E-state index in [0.717, 1.165) is 23.6 Å². The number of esters is 1. The first-order valence-electron chi connectivity index (χ1n) is 6.66. The highest BCUT2D eigenvalue weighted by molar-refractivity contribution is 7.99. The molecule has 1 rings (SSSR count). The Hall–Kier alpha value is -1.20. The lowest BCUT2D eigenvalue weighted by Gasteiger charge is -2.27. The summed E-state index contributed by atoms with van der Waals surface area (Å²) < 4.78 is 10.1. The SMILES string of the molecule is CCCNC(C)(CSc1cccc(OC)c1)C(=O)OC. The number of thioether (sulfide) groups is 1. The summed E-state index contributed by atoms with van der Waals surface area (Å²) in [6, 6.07) is 7.81. The zero-order chi connectivity index (χ0) is 15.0. The molecule has 0 aliphatic heterocycles. The third-order valence-corrected chi connectivity index (χ3v) is 4.28. The smallest absolute Gasteiger partial charge is 0.326 e. The Balaban J connectivity index is 2.72. The molecule has 0 heterocycles. The highest BCUT2D eigenvalue weighted by atomic mass is 32.2. The summed E-state index contributed by atoms with van der Waals surface area (Å²) in [5.74, 6) is 1.19. The number of rotatable bonds is 8. The molecule has 0 aromatic heterocycles. The molecule has 0 fully saturated rings. The maximum absolute atomic E-state index is 12.0. The quantitative estimate of drug-likeness (QED) is 0.590. The first-order chi connectivity index (χ1) is 9.55. The Morgan fingerprint density at radius 1 is 1.40 bits per heavy atom. The van der Waals surface area contributed by atoms with Crippen molar-refractivity contribution in [3.63, 3.8) is 0 Å². The predicted molar refractivity (Wildman–Crippen MR) is 82.4 cm³/mol. The highest BCUT2D eigenvalue weighted by Crippen LogP contribution is 2.26. The van der Waals surface area contributed by atoms with Crippen LogP contribution in [-0.2, 0) is 9.53 Å². The maximum Gasteiger partial charge on any atom is 0.326 e. The summed E-state index contributed by atoms with van der Waals surface area (Å²) in [7, 11) is 3.07. The molecule has 0 aliphatic carbocycles. The number of hydrogen-bond donors (Lipinski definition) is 1. The fraction of sp³-hybridized carbons (Fsp3) is 0.533. The second-order valence-corrected chi connectivity index (χ2v) is 5.77. The number of ether oxygens (including phenoxy) is 2. The molecule has 1 atom stereocenters. The molecule has 0 bridgehead atoms. The molecule has 4 nitrogen and oxygen atoms in total. The second-order valence-electron chi connectivity index (χ2n) is 4.72. The van der Waals surface area contributed by atoms with Crippen LogP contribution in [0.3, 0.4) is 0 Å². The molecule has 0 aliphatic rings. The van der Waals surface area contributed by atoms with Gasteiger partial charge in [0, 0.05) is 10.6 Å². The summed E-state index contributed by atoms with van der Waals surface area (Å²) in [6.07, 6.45) is 0.969. The molecule has 0 spiro atoms. The minimum Gasteiger partial charge on any atom is -0.497 e. The van der Waals surface area contributed by atoms with Crippen molar-refractivity contribution in [1.29, 1.82) is 0 Å². The standard InChI is InChI=1S/C15H23NO3S/c1-5-9-16-15(2,14(17)19-4)11-20-13-8-6-7-12(10-13)18-3/h6-8,10,16H,5,9,11H2,1-4H3. The topological polar surface area (TPSA) is 47.6 Å². The van der Waals surface area contributed by atoms with Crippen LogP contribution in [0.4, 0.5) is 0 Å². The van der Waals surface area contributed by atoms with E-state index in [1.807, 2.05) is 31.2 Å². The minimum absolute atomic E-state index is 0.235. The van der Waals surface area contributed by atoms with E-state index in [1.165, 1.54) is 7.11 Å². The van der Waals surface area contributed by atoms with Crippen LogP contribution in [0.1, 0.15) is 20.3 Å². The lowest BCUT2D eigenvalue weighted by molar-refractivity contribution is -0.146. The van der Waals surface area contributed by atoms with Gasteiger partial charge in [0.1, 0.15) is 11.3 Å². The van der Waals surface area contributed by atoms with Crippen LogP contribution in [0.2, 0.25) is 0 Å². The molecule has 0 saturated carbocycles. The number of carbonyl (C=O) groups is 1. The normalized spacial score (nSPS) is 13.6. The lowest BCUT2D eigenvalue weighted by Crippen LogP contribution is -2.52. The first kappa shape index (κ1) is 16.9. The van der Waals surface area contributed by atoms with Gasteiger partial charge in [-0.05, 0) is 38.1 Å². The van der Waals surface area contributed by atoms with Gasteiger partial charge in [-0.2, -0.15) is 0 Å². The molecule has 1 N–H and O–H groups in total. The Morgan fingerprint density at radius 2 is 2.15 bits per heavy atom. The summed E-state index contributed by atoms with van der Waals surface area (Å²) >= 11 is 1.61. The van der Waals surface area contributed by atoms with Crippen LogP contribution in [0, 0.1) is 0 Å². The molecular weight excluding hydrogens is 274 g/mol. The summed E-state index contributed by atoms with van der Waals surface area (Å²) in [5.41, 5.74) is -0.682. The van der Waals surface area contributed by atoms with Crippen molar-refractivity contribution in [1.82, 2.24) is 5.32 Å².